The second-order valence-corrected chi connectivity index (χ2v) is 6.16. The Morgan fingerprint density at radius 3 is 2.73 bits per heavy atom. The Morgan fingerprint density at radius 1 is 1.15 bits per heavy atom. The molecule has 0 bridgehead atoms. The summed E-state index contributed by atoms with van der Waals surface area (Å²) in [5, 5.41) is 3.15. The molecule has 1 aliphatic heterocycles. The van der Waals surface area contributed by atoms with E-state index in [-0.39, 0.29) is 5.91 Å². The van der Waals surface area contributed by atoms with Crippen LogP contribution < -0.4 is 10.2 Å². The average Bonchev–Trinajstić information content (AvgIpc) is 2.63. The number of hydrogen-bond acceptors (Lipinski definition) is 4. The van der Waals surface area contributed by atoms with Gasteiger partial charge in [-0.3, -0.25) is 4.79 Å². The van der Waals surface area contributed by atoms with E-state index in [0.717, 1.165) is 5.69 Å². The topological polar surface area (TPSA) is 57.6 Å². The molecule has 1 aromatic carbocycles. The number of nitrogens with one attached hydrogen (secondary N) is 1. The van der Waals surface area contributed by atoms with Crippen molar-refractivity contribution in [2.24, 2.45) is 4.99 Å². The molecule has 0 spiro atoms. The van der Waals surface area contributed by atoms with Crippen LogP contribution in [0.15, 0.2) is 77.1 Å². The highest BCUT2D eigenvalue weighted by Crippen LogP contribution is 2.30. The van der Waals surface area contributed by atoms with Gasteiger partial charge in [0, 0.05) is 11.3 Å². The number of para-hydroxylation sites is 1. The number of nitrogens with zero attached hydrogens (tertiary/aromatic N) is 3. The summed E-state index contributed by atoms with van der Waals surface area (Å²) in [4.78, 5) is 23.6. The van der Waals surface area contributed by atoms with Crippen LogP contribution in [0.2, 0.25) is 0 Å². The first-order valence-electron chi connectivity index (χ1n) is 8.37. The molecule has 130 valence electrons. The lowest BCUT2D eigenvalue weighted by molar-refractivity contribution is -0.114. The van der Waals surface area contributed by atoms with Crippen molar-refractivity contribution in [1.82, 2.24) is 4.98 Å². The van der Waals surface area contributed by atoms with E-state index in [2.05, 4.69) is 15.3 Å². The zero-order chi connectivity index (χ0) is 18.1. The standard InChI is InChI=1S/C20H17FN4O/c1-13-6-5-9-18(22-13)24-20-23-17-11-10-14(21)12-16(17)19(26)25(20)15-7-3-2-4-8-15/h2-10,12,17H,11H2,1H3,(H,22,23,24). The molecule has 4 rings (SSSR count). The molecule has 1 atom stereocenters. The number of aliphatic imine (C=N–C) groups is 1. The number of fused-ring (bicyclic) bond motifs is 1. The van der Waals surface area contributed by atoms with Crippen molar-refractivity contribution in [2.75, 3.05) is 10.2 Å². The fraction of sp³-hybridized carbons (Fsp3) is 0.150. The highest BCUT2D eigenvalue weighted by molar-refractivity contribution is 6.27. The third-order valence-electron chi connectivity index (χ3n) is 4.27. The van der Waals surface area contributed by atoms with E-state index in [1.54, 1.807) is 0 Å². The first kappa shape index (κ1) is 16.2. The Bertz CT molecular complexity index is 949. The molecule has 2 heterocycles. The minimum absolute atomic E-state index is 0.283. The van der Waals surface area contributed by atoms with Crippen LogP contribution in [-0.2, 0) is 4.79 Å². The number of aryl methyl sites for hydroxylation is 1. The summed E-state index contributed by atoms with van der Waals surface area (Å²) in [5.41, 5.74) is 1.87. The van der Waals surface area contributed by atoms with E-state index >= 15 is 0 Å². The molecular formula is C20H17FN4O. The van der Waals surface area contributed by atoms with E-state index in [0.29, 0.717) is 29.5 Å². The predicted molar refractivity (Wildman–Crippen MR) is 99.6 cm³/mol. The first-order chi connectivity index (χ1) is 12.6. The number of carbonyl (C=O) groups is 1. The molecule has 2 aliphatic rings. The van der Waals surface area contributed by atoms with Crippen LogP contribution in [-0.4, -0.2) is 22.9 Å². The van der Waals surface area contributed by atoms with Gasteiger partial charge in [0.1, 0.15) is 11.6 Å². The lowest BCUT2D eigenvalue weighted by Gasteiger charge is -2.33. The fourth-order valence-corrected chi connectivity index (χ4v) is 3.04. The van der Waals surface area contributed by atoms with Crippen LogP contribution in [0.5, 0.6) is 0 Å². The SMILES string of the molecule is Cc1cccc(NC2=NC3CC=C(F)C=C3C(=O)N2c2ccccc2)n1. The number of amides is 1. The summed E-state index contributed by atoms with van der Waals surface area (Å²) in [7, 11) is 0. The van der Waals surface area contributed by atoms with Gasteiger partial charge in [0.2, 0.25) is 5.96 Å². The van der Waals surface area contributed by atoms with Gasteiger partial charge < -0.3 is 5.32 Å². The van der Waals surface area contributed by atoms with E-state index in [4.69, 9.17) is 0 Å². The van der Waals surface area contributed by atoms with Crippen LogP contribution in [0.4, 0.5) is 15.9 Å². The Balaban J connectivity index is 1.78. The first-order valence-corrected chi connectivity index (χ1v) is 8.37. The molecule has 6 heteroatoms. The monoisotopic (exact) mass is 348 g/mol. The number of pyridine rings is 1. The third-order valence-corrected chi connectivity index (χ3v) is 4.27. The number of halogens is 1. The second-order valence-electron chi connectivity index (χ2n) is 6.16. The number of benzene rings is 1. The zero-order valence-corrected chi connectivity index (χ0v) is 14.2. The maximum atomic E-state index is 13.7. The average molecular weight is 348 g/mol. The smallest absolute Gasteiger partial charge is 0.263 e. The minimum Gasteiger partial charge on any atom is -0.310 e. The largest absolute Gasteiger partial charge is 0.310 e. The summed E-state index contributed by atoms with van der Waals surface area (Å²) >= 11 is 0. The second kappa shape index (κ2) is 6.55. The van der Waals surface area contributed by atoms with Crippen molar-refractivity contribution in [3.8, 4) is 0 Å². The Morgan fingerprint density at radius 2 is 1.96 bits per heavy atom. The highest BCUT2D eigenvalue weighted by atomic mass is 19.1. The van der Waals surface area contributed by atoms with Crippen molar-refractivity contribution in [3.63, 3.8) is 0 Å². The van der Waals surface area contributed by atoms with Crippen LogP contribution in [0.25, 0.3) is 0 Å². The maximum Gasteiger partial charge on any atom is 0.263 e. The lowest BCUT2D eigenvalue weighted by atomic mass is 9.96. The zero-order valence-electron chi connectivity index (χ0n) is 14.2. The van der Waals surface area contributed by atoms with Crippen molar-refractivity contribution >= 4 is 23.4 Å². The van der Waals surface area contributed by atoms with Crippen molar-refractivity contribution in [3.05, 3.63) is 77.8 Å². The molecule has 1 unspecified atom stereocenters. The number of allylic oxidation sites excluding steroid dienone is 2. The molecular weight excluding hydrogens is 331 g/mol. The summed E-state index contributed by atoms with van der Waals surface area (Å²) in [6.07, 6.45) is 3.09. The molecule has 0 saturated heterocycles. The van der Waals surface area contributed by atoms with Gasteiger partial charge in [-0.2, -0.15) is 0 Å². The van der Waals surface area contributed by atoms with Gasteiger partial charge in [0.05, 0.1) is 11.7 Å². The van der Waals surface area contributed by atoms with Crippen LogP contribution in [0.1, 0.15) is 12.1 Å². The van der Waals surface area contributed by atoms with E-state index in [1.165, 1.54) is 17.1 Å². The van der Waals surface area contributed by atoms with E-state index < -0.39 is 11.9 Å². The predicted octanol–water partition coefficient (Wildman–Crippen LogP) is 3.76. The summed E-state index contributed by atoms with van der Waals surface area (Å²) in [6, 6.07) is 14.4. The number of anilines is 2. The number of rotatable bonds is 2. The molecule has 1 aromatic heterocycles. The Hall–Kier alpha value is -3.28. The summed E-state index contributed by atoms with van der Waals surface area (Å²) in [5.74, 6) is 0.304. The van der Waals surface area contributed by atoms with E-state index in [1.807, 2.05) is 55.5 Å². The third kappa shape index (κ3) is 3.01. The van der Waals surface area contributed by atoms with Crippen molar-refractivity contribution in [1.29, 1.82) is 0 Å². The highest BCUT2D eigenvalue weighted by Gasteiger charge is 2.36. The molecule has 2 aromatic rings. The minimum atomic E-state index is -0.399. The molecule has 0 saturated carbocycles. The van der Waals surface area contributed by atoms with Gasteiger partial charge >= 0.3 is 0 Å². The van der Waals surface area contributed by atoms with Crippen molar-refractivity contribution < 1.29 is 9.18 Å². The number of carbonyl (C=O) groups excluding carboxylic acids is 1. The number of hydrogen-bond donors (Lipinski definition) is 1. The number of guanidine groups is 1. The summed E-state index contributed by atoms with van der Waals surface area (Å²) < 4.78 is 13.7. The van der Waals surface area contributed by atoms with Crippen LogP contribution >= 0.6 is 0 Å². The normalized spacial score (nSPS) is 19.3. The Kier molecular flexibility index (Phi) is 4.08. The summed E-state index contributed by atoms with van der Waals surface area (Å²) in [6.45, 7) is 1.89. The molecule has 1 amide bonds. The van der Waals surface area contributed by atoms with Crippen LogP contribution in [0, 0.1) is 6.92 Å². The van der Waals surface area contributed by atoms with Gasteiger partial charge in [-0.05, 0) is 49.8 Å². The molecule has 0 radical (unpaired) electrons. The maximum absolute atomic E-state index is 13.7. The quantitative estimate of drug-likeness (QED) is 0.899. The Labute approximate surface area is 150 Å². The molecule has 1 N–H and O–H groups in total. The lowest BCUT2D eigenvalue weighted by Crippen LogP contribution is -2.48. The van der Waals surface area contributed by atoms with Gasteiger partial charge in [0.25, 0.3) is 5.91 Å². The molecule has 5 nitrogen and oxygen atoms in total. The van der Waals surface area contributed by atoms with Gasteiger partial charge in [-0.1, -0.05) is 24.3 Å². The van der Waals surface area contributed by atoms with Gasteiger partial charge in [-0.15, -0.1) is 0 Å². The molecule has 1 aliphatic carbocycles. The fourth-order valence-electron chi connectivity index (χ4n) is 3.04. The van der Waals surface area contributed by atoms with Crippen molar-refractivity contribution in [2.45, 2.75) is 19.4 Å². The van der Waals surface area contributed by atoms with E-state index in [9.17, 15) is 9.18 Å². The molecule has 26 heavy (non-hydrogen) atoms. The van der Waals surface area contributed by atoms with Gasteiger partial charge in [0.15, 0.2) is 0 Å². The number of aromatic nitrogens is 1. The van der Waals surface area contributed by atoms with Gasteiger partial charge in [-0.25, -0.2) is 19.3 Å². The van der Waals surface area contributed by atoms with Crippen LogP contribution in [0.3, 0.4) is 0 Å². The molecule has 0 fully saturated rings.